The van der Waals surface area contributed by atoms with E-state index in [2.05, 4.69) is 13.8 Å². The Morgan fingerprint density at radius 2 is 0.581 bits per heavy atom. The number of unbranched alkanes of at least 4 members (excludes halogenated alkanes) is 31. The van der Waals surface area contributed by atoms with E-state index < -0.39 is 18.0 Å². The van der Waals surface area contributed by atoms with Crippen LogP contribution in [0.5, 0.6) is 0 Å². The molecular weight excluding hydrogens is 528 g/mol. The molecule has 0 saturated carbocycles. The molecule has 0 heterocycles. The molecular formula is C40H80O3. The van der Waals surface area contributed by atoms with Gasteiger partial charge in [-0.2, -0.15) is 0 Å². The molecule has 0 aliphatic heterocycles. The van der Waals surface area contributed by atoms with E-state index in [0.29, 0.717) is 12.8 Å². The second-order valence-electron chi connectivity index (χ2n) is 14.0. The van der Waals surface area contributed by atoms with Crippen LogP contribution in [-0.4, -0.2) is 22.3 Å². The molecule has 3 heteroatoms. The molecule has 0 radical (unpaired) electrons. The fourth-order valence-corrected chi connectivity index (χ4v) is 6.67. The molecule has 0 aromatic rings. The van der Waals surface area contributed by atoms with Gasteiger partial charge in [-0.25, -0.2) is 0 Å². The molecule has 0 amide bonds. The van der Waals surface area contributed by atoms with Crippen molar-refractivity contribution < 1.29 is 15.0 Å². The van der Waals surface area contributed by atoms with Gasteiger partial charge in [0.05, 0.1) is 12.0 Å². The Morgan fingerprint density at radius 3 is 0.814 bits per heavy atom. The van der Waals surface area contributed by atoms with Crippen LogP contribution in [-0.2, 0) is 4.79 Å². The molecule has 0 aromatic heterocycles. The number of rotatable bonds is 37. The first-order valence-corrected chi connectivity index (χ1v) is 20.0. The highest BCUT2D eigenvalue weighted by Gasteiger charge is 2.25. The van der Waals surface area contributed by atoms with Crippen LogP contribution in [0.3, 0.4) is 0 Å². The largest absolute Gasteiger partial charge is 0.481 e. The zero-order valence-electron chi connectivity index (χ0n) is 29.7. The van der Waals surface area contributed by atoms with Gasteiger partial charge in [-0.3, -0.25) is 4.79 Å². The van der Waals surface area contributed by atoms with Crippen molar-refractivity contribution in [2.45, 2.75) is 245 Å². The predicted octanol–water partition coefficient (Wildman–Crippen LogP) is 13.7. The van der Waals surface area contributed by atoms with Gasteiger partial charge in [-0.05, 0) is 12.8 Å². The number of hydrogen-bond donors (Lipinski definition) is 2. The smallest absolute Gasteiger partial charge is 0.309 e. The van der Waals surface area contributed by atoms with E-state index >= 15 is 0 Å². The zero-order chi connectivity index (χ0) is 31.5. The van der Waals surface area contributed by atoms with E-state index in [1.807, 2.05) is 0 Å². The Labute approximate surface area is 271 Å². The van der Waals surface area contributed by atoms with Crippen molar-refractivity contribution in [1.29, 1.82) is 0 Å². The van der Waals surface area contributed by atoms with Gasteiger partial charge in [0.1, 0.15) is 0 Å². The lowest BCUT2D eigenvalue weighted by Crippen LogP contribution is -2.28. The first-order valence-electron chi connectivity index (χ1n) is 20.0. The minimum atomic E-state index is -0.805. The van der Waals surface area contributed by atoms with E-state index in [1.54, 1.807) is 0 Å². The predicted molar refractivity (Wildman–Crippen MR) is 190 cm³/mol. The van der Waals surface area contributed by atoms with Crippen molar-refractivity contribution in [2.75, 3.05) is 0 Å². The standard InChI is InChI=1S/C40H80O3/c1-3-5-7-9-11-13-15-17-19-21-23-25-27-29-31-33-35-37-39(41)38(40(42)43)36-34-32-30-28-26-24-22-20-18-16-14-12-10-8-6-4-2/h38-39,41H,3-37H2,1-2H3,(H,42,43). The maximum absolute atomic E-state index is 11.8. The van der Waals surface area contributed by atoms with E-state index in [0.717, 1.165) is 25.7 Å². The molecule has 0 saturated heterocycles. The average molecular weight is 609 g/mol. The molecule has 0 rings (SSSR count). The molecule has 43 heavy (non-hydrogen) atoms. The molecule has 0 aromatic carbocycles. The molecule has 2 atom stereocenters. The SMILES string of the molecule is CCCCCCCCCCCCCCCCCCCC(O)C(CCCCCCCCCCCCCCCCCC)C(=O)O. The van der Waals surface area contributed by atoms with Crippen molar-refractivity contribution in [1.82, 2.24) is 0 Å². The molecule has 0 spiro atoms. The monoisotopic (exact) mass is 609 g/mol. The number of carboxylic acids is 1. The van der Waals surface area contributed by atoms with Crippen molar-refractivity contribution in [3.8, 4) is 0 Å². The van der Waals surface area contributed by atoms with Crippen molar-refractivity contribution >= 4 is 5.97 Å². The summed E-state index contributed by atoms with van der Waals surface area (Å²) in [6, 6.07) is 0. The van der Waals surface area contributed by atoms with Crippen LogP contribution < -0.4 is 0 Å². The topological polar surface area (TPSA) is 57.5 Å². The minimum Gasteiger partial charge on any atom is -0.481 e. The number of carbonyl (C=O) groups is 1. The van der Waals surface area contributed by atoms with Crippen molar-refractivity contribution in [3.63, 3.8) is 0 Å². The Balaban J connectivity index is 3.49. The maximum Gasteiger partial charge on any atom is 0.309 e. The maximum atomic E-state index is 11.8. The molecule has 2 N–H and O–H groups in total. The second kappa shape index (κ2) is 35.9. The average Bonchev–Trinajstić information content (AvgIpc) is 3.00. The lowest BCUT2D eigenvalue weighted by Gasteiger charge is -2.19. The van der Waals surface area contributed by atoms with Crippen molar-refractivity contribution in [2.24, 2.45) is 5.92 Å². The quantitative estimate of drug-likeness (QED) is 0.0690. The van der Waals surface area contributed by atoms with Crippen LogP contribution >= 0.6 is 0 Å². The summed E-state index contributed by atoms with van der Waals surface area (Å²) in [5, 5.41) is 20.2. The molecule has 0 aliphatic carbocycles. The van der Waals surface area contributed by atoms with Gasteiger partial charge in [0.2, 0.25) is 0 Å². The summed E-state index contributed by atoms with van der Waals surface area (Å²) in [5.74, 6) is -1.38. The summed E-state index contributed by atoms with van der Waals surface area (Å²) >= 11 is 0. The number of aliphatic carboxylic acids is 1. The molecule has 0 bridgehead atoms. The van der Waals surface area contributed by atoms with E-state index in [9.17, 15) is 15.0 Å². The normalized spacial score (nSPS) is 13.0. The van der Waals surface area contributed by atoms with Gasteiger partial charge in [0.15, 0.2) is 0 Å². The van der Waals surface area contributed by atoms with Crippen LogP contribution in [0.25, 0.3) is 0 Å². The Bertz CT molecular complexity index is 534. The first-order chi connectivity index (χ1) is 21.1. The molecule has 0 fully saturated rings. The number of aliphatic hydroxyl groups is 1. The highest BCUT2D eigenvalue weighted by Crippen LogP contribution is 2.21. The number of hydrogen-bond acceptors (Lipinski definition) is 2. The lowest BCUT2D eigenvalue weighted by atomic mass is 9.91. The Kier molecular flexibility index (Phi) is 35.4. The summed E-state index contributed by atoms with van der Waals surface area (Å²) in [7, 11) is 0. The third-order valence-corrected chi connectivity index (χ3v) is 9.75. The summed E-state index contributed by atoms with van der Waals surface area (Å²) in [4.78, 5) is 11.8. The van der Waals surface area contributed by atoms with E-state index in [4.69, 9.17) is 0 Å². The van der Waals surface area contributed by atoms with Crippen LogP contribution in [0.4, 0.5) is 0 Å². The minimum absolute atomic E-state index is 0.576. The molecule has 258 valence electrons. The Hall–Kier alpha value is -0.570. The van der Waals surface area contributed by atoms with Gasteiger partial charge in [-0.1, -0.05) is 226 Å². The third-order valence-electron chi connectivity index (χ3n) is 9.75. The molecule has 3 nitrogen and oxygen atoms in total. The summed E-state index contributed by atoms with van der Waals surface area (Å²) < 4.78 is 0. The number of carboxylic acid groups (broad SMARTS) is 1. The van der Waals surface area contributed by atoms with Gasteiger partial charge >= 0.3 is 5.97 Å². The highest BCUT2D eigenvalue weighted by atomic mass is 16.4. The van der Waals surface area contributed by atoms with E-state index in [-0.39, 0.29) is 0 Å². The highest BCUT2D eigenvalue weighted by molar-refractivity contribution is 5.70. The van der Waals surface area contributed by atoms with Gasteiger partial charge in [0.25, 0.3) is 0 Å². The van der Waals surface area contributed by atoms with Crippen LogP contribution in [0.1, 0.15) is 239 Å². The van der Waals surface area contributed by atoms with Gasteiger partial charge in [0, 0.05) is 0 Å². The third kappa shape index (κ3) is 32.6. The zero-order valence-corrected chi connectivity index (χ0v) is 29.7. The fraction of sp³-hybridized carbons (Fsp3) is 0.975. The summed E-state index contributed by atoms with van der Waals surface area (Å²) in [5.41, 5.74) is 0. The Morgan fingerprint density at radius 1 is 0.372 bits per heavy atom. The number of aliphatic hydroxyl groups excluding tert-OH is 1. The lowest BCUT2D eigenvalue weighted by molar-refractivity contribution is -0.146. The summed E-state index contributed by atoms with van der Waals surface area (Å²) in [6.07, 6.45) is 44.7. The first kappa shape index (κ1) is 42.4. The molecule has 0 aliphatic rings. The summed E-state index contributed by atoms with van der Waals surface area (Å²) in [6.45, 7) is 4.57. The van der Waals surface area contributed by atoms with Gasteiger partial charge < -0.3 is 10.2 Å². The van der Waals surface area contributed by atoms with E-state index in [1.165, 1.54) is 186 Å². The fourth-order valence-electron chi connectivity index (χ4n) is 6.67. The van der Waals surface area contributed by atoms with Gasteiger partial charge in [-0.15, -0.1) is 0 Å². The molecule has 2 unspecified atom stereocenters. The van der Waals surface area contributed by atoms with Crippen LogP contribution in [0, 0.1) is 5.92 Å². The van der Waals surface area contributed by atoms with Crippen LogP contribution in [0.2, 0.25) is 0 Å². The van der Waals surface area contributed by atoms with Crippen molar-refractivity contribution in [3.05, 3.63) is 0 Å². The van der Waals surface area contributed by atoms with Crippen LogP contribution in [0.15, 0.2) is 0 Å². The second-order valence-corrected chi connectivity index (χ2v) is 14.0.